The Morgan fingerprint density at radius 2 is 1.67 bits per heavy atom. The second kappa shape index (κ2) is 5.06. The fourth-order valence-corrected chi connectivity index (χ4v) is 4.02. The summed E-state index contributed by atoms with van der Waals surface area (Å²) in [4.78, 5) is 9.41. The first-order chi connectivity index (χ1) is 10.3. The molecule has 0 saturated carbocycles. The summed E-state index contributed by atoms with van der Waals surface area (Å²) in [7, 11) is 0. The van der Waals surface area contributed by atoms with Crippen LogP contribution in [0.25, 0.3) is 31.5 Å². The van der Waals surface area contributed by atoms with E-state index in [9.17, 15) is 0 Å². The van der Waals surface area contributed by atoms with Gasteiger partial charge < -0.3 is 0 Å². The maximum atomic E-state index is 4.74. The highest BCUT2D eigenvalue weighted by atomic mass is 32.1. The Kier molecular flexibility index (Phi) is 3.05. The lowest BCUT2D eigenvalue weighted by molar-refractivity contribution is 1.37. The molecule has 4 rings (SSSR count). The molecule has 21 heavy (non-hydrogen) atoms. The van der Waals surface area contributed by atoms with E-state index >= 15 is 0 Å². The van der Waals surface area contributed by atoms with Crippen molar-refractivity contribution in [2.45, 2.75) is 6.92 Å². The third kappa shape index (κ3) is 2.37. The Labute approximate surface area is 130 Å². The molecule has 0 bridgehead atoms. The normalized spacial score (nSPS) is 11.1. The van der Waals surface area contributed by atoms with Crippen LogP contribution in [0.2, 0.25) is 0 Å². The van der Waals surface area contributed by atoms with E-state index in [1.807, 2.05) is 18.2 Å². The third-order valence-corrected chi connectivity index (χ3v) is 5.35. The monoisotopic (exact) mass is 308 g/mol. The zero-order valence-corrected chi connectivity index (χ0v) is 13.0. The maximum Gasteiger partial charge on any atom is 0.153 e. The molecular weight excluding hydrogens is 296 g/mol. The Balaban J connectivity index is 1.75. The molecule has 0 amide bonds. The van der Waals surface area contributed by atoms with Crippen molar-refractivity contribution >= 4 is 32.9 Å². The van der Waals surface area contributed by atoms with Crippen LogP contribution in [0.4, 0.5) is 0 Å². The van der Waals surface area contributed by atoms with Crippen LogP contribution in [-0.4, -0.2) is 9.97 Å². The quantitative estimate of drug-likeness (QED) is 0.496. The molecule has 2 nitrogen and oxygen atoms in total. The molecule has 0 unspecified atom stereocenters. The molecule has 0 aliphatic heterocycles. The summed E-state index contributed by atoms with van der Waals surface area (Å²) in [5.74, 6) is 0. The summed E-state index contributed by atoms with van der Waals surface area (Å²) in [5.41, 5.74) is 4.49. The first kappa shape index (κ1) is 12.7. The highest BCUT2D eigenvalue weighted by molar-refractivity contribution is 7.25. The minimum Gasteiger partial charge on any atom is -0.233 e. The van der Waals surface area contributed by atoms with E-state index in [1.165, 1.54) is 10.3 Å². The first-order valence-corrected chi connectivity index (χ1v) is 8.38. The Morgan fingerprint density at radius 1 is 0.857 bits per heavy atom. The third-order valence-electron chi connectivity index (χ3n) is 3.33. The standard InChI is InChI=1S/C17H12N2S2/c1-11-6-8-12(9-7-11)14-10-20-16(19-14)17-18-13-4-2-3-5-15(13)21-17/h2-10H,1H3. The summed E-state index contributed by atoms with van der Waals surface area (Å²) >= 11 is 3.35. The van der Waals surface area contributed by atoms with Gasteiger partial charge in [-0.2, -0.15) is 0 Å². The molecule has 4 heteroatoms. The smallest absolute Gasteiger partial charge is 0.153 e. The second-order valence-corrected chi connectivity index (χ2v) is 6.78. The van der Waals surface area contributed by atoms with Crippen LogP contribution in [0.3, 0.4) is 0 Å². The van der Waals surface area contributed by atoms with E-state index < -0.39 is 0 Å². The lowest BCUT2D eigenvalue weighted by Crippen LogP contribution is -1.79. The first-order valence-electron chi connectivity index (χ1n) is 6.68. The fourth-order valence-electron chi connectivity index (χ4n) is 2.19. The van der Waals surface area contributed by atoms with E-state index in [-0.39, 0.29) is 0 Å². The van der Waals surface area contributed by atoms with Gasteiger partial charge in [0.25, 0.3) is 0 Å². The largest absolute Gasteiger partial charge is 0.233 e. The van der Waals surface area contributed by atoms with Crippen molar-refractivity contribution in [1.82, 2.24) is 9.97 Å². The van der Waals surface area contributed by atoms with Crippen LogP contribution in [0.15, 0.2) is 53.9 Å². The number of aromatic nitrogens is 2. The van der Waals surface area contributed by atoms with Crippen molar-refractivity contribution in [2.24, 2.45) is 0 Å². The molecule has 0 aliphatic rings. The van der Waals surface area contributed by atoms with Crippen molar-refractivity contribution < 1.29 is 0 Å². The molecule has 0 fully saturated rings. The van der Waals surface area contributed by atoms with Gasteiger partial charge in [0.05, 0.1) is 15.9 Å². The van der Waals surface area contributed by atoms with Gasteiger partial charge in [0, 0.05) is 10.9 Å². The number of hydrogen-bond acceptors (Lipinski definition) is 4. The highest BCUT2D eigenvalue weighted by Gasteiger charge is 2.11. The molecule has 0 aliphatic carbocycles. The minimum atomic E-state index is 0.992. The fraction of sp³-hybridized carbons (Fsp3) is 0.0588. The van der Waals surface area contributed by atoms with Gasteiger partial charge >= 0.3 is 0 Å². The number of rotatable bonds is 2. The molecular formula is C17H12N2S2. The number of thiazole rings is 2. The Morgan fingerprint density at radius 3 is 2.48 bits per heavy atom. The number of benzene rings is 2. The lowest BCUT2D eigenvalue weighted by Gasteiger charge is -1.96. The average Bonchev–Trinajstić information content (AvgIpc) is 3.14. The number of fused-ring (bicyclic) bond motifs is 1. The van der Waals surface area contributed by atoms with Crippen LogP contribution in [0.1, 0.15) is 5.56 Å². The van der Waals surface area contributed by atoms with Crippen molar-refractivity contribution in [3.63, 3.8) is 0 Å². The summed E-state index contributed by atoms with van der Waals surface area (Å²) in [6.45, 7) is 2.09. The summed E-state index contributed by atoms with van der Waals surface area (Å²) < 4.78 is 1.21. The predicted molar refractivity (Wildman–Crippen MR) is 90.9 cm³/mol. The van der Waals surface area contributed by atoms with Gasteiger partial charge in [-0.1, -0.05) is 42.0 Å². The van der Waals surface area contributed by atoms with Gasteiger partial charge in [0.15, 0.2) is 10.0 Å². The highest BCUT2D eigenvalue weighted by Crippen LogP contribution is 2.34. The minimum absolute atomic E-state index is 0.992. The van der Waals surface area contributed by atoms with Gasteiger partial charge in [0.1, 0.15) is 0 Å². The zero-order valence-electron chi connectivity index (χ0n) is 11.4. The molecule has 0 N–H and O–H groups in total. The van der Waals surface area contributed by atoms with E-state index in [4.69, 9.17) is 4.98 Å². The molecule has 2 aromatic heterocycles. The van der Waals surface area contributed by atoms with Crippen LogP contribution in [-0.2, 0) is 0 Å². The second-order valence-electron chi connectivity index (χ2n) is 4.89. The van der Waals surface area contributed by atoms with Gasteiger partial charge in [0.2, 0.25) is 0 Å². The molecule has 0 atom stereocenters. The Hall–Kier alpha value is -2.04. The number of aryl methyl sites for hydroxylation is 1. The van der Waals surface area contributed by atoms with E-state index in [0.717, 1.165) is 26.8 Å². The van der Waals surface area contributed by atoms with Crippen LogP contribution < -0.4 is 0 Å². The van der Waals surface area contributed by atoms with Crippen LogP contribution >= 0.6 is 22.7 Å². The van der Waals surface area contributed by atoms with Crippen LogP contribution in [0, 0.1) is 6.92 Å². The molecule has 0 spiro atoms. The number of hydrogen-bond donors (Lipinski definition) is 0. The van der Waals surface area contributed by atoms with Crippen molar-refractivity contribution in [1.29, 1.82) is 0 Å². The van der Waals surface area contributed by atoms with Gasteiger partial charge in [-0.3, -0.25) is 0 Å². The summed E-state index contributed by atoms with van der Waals surface area (Å²) in [6.07, 6.45) is 0. The summed E-state index contributed by atoms with van der Waals surface area (Å²) in [5, 5.41) is 4.10. The maximum absolute atomic E-state index is 4.74. The average molecular weight is 308 g/mol. The van der Waals surface area contributed by atoms with Gasteiger partial charge in [-0.25, -0.2) is 9.97 Å². The summed E-state index contributed by atoms with van der Waals surface area (Å²) in [6, 6.07) is 16.7. The molecule has 102 valence electrons. The molecule has 2 heterocycles. The molecule has 2 aromatic carbocycles. The topological polar surface area (TPSA) is 25.8 Å². The van der Waals surface area contributed by atoms with E-state index in [2.05, 4.69) is 47.6 Å². The van der Waals surface area contributed by atoms with Gasteiger partial charge in [-0.15, -0.1) is 22.7 Å². The lowest BCUT2D eigenvalue weighted by atomic mass is 10.1. The van der Waals surface area contributed by atoms with Gasteiger partial charge in [-0.05, 0) is 19.1 Å². The molecule has 0 saturated heterocycles. The Bertz CT molecular complexity index is 871. The zero-order chi connectivity index (χ0) is 14.2. The van der Waals surface area contributed by atoms with E-state index in [1.54, 1.807) is 22.7 Å². The molecule has 0 radical (unpaired) electrons. The SMILES string of the molecule is Cc1ccc(-c2csc(-c3nc4ccccc4s3)n2)cc1. The number of para-hydroxylation sites is 1. The van der Waals surface area contributed by atoms with Crippen molar-refractivity contribution in [3.8, 4) is 21.3 Å². The van der Waals surface area contributed by atoms with Crippen molar-refractivity contribution in [3.05, 3.63) is 59.5 Å². The van der Waals surface area contributed by atoms with E-state index in [0.29, 0.717) is 0 Å². The van der Waals surface area contributed by atoms with Crippen LogP contribution in [0.5, 0.6) is 0 Å². The molecule has 4 aromatic rings. The predicted octanol–water partition coefficient (Wildman–Crippen LogP) is 5.40. The number of nitrogens with zero attached hydrogens (tertiary/aromatic N) is 2. The van der Waals surface area contributed by atoms with Crippen molar-refractivity contribution in [2.75, 3.05) is 0 Å².